The summed E-state index contributed by atoms with van der Waals surface area (Å²) in [6.45, 7) is 5.75. The predicted octanol–water partition coefficient (Wildman–Crippen LogP) is 0.167. The zero-order valence-electron chi connectivity index (χ0n) is 6.96. The summed E-state index contributed by atoms with van der Waals surface area (Å²) in [4.78, 5) is 0. The molecule has 1 aliphatic heterocycles. The van der Waals surface area contributed by atoms with Gasteiger partial charge in [-0.25, -0.2) is 0 Å². The van der Waals surface area contributed by atoms with Crippen molar-refractivity contribution < 1.29 is 9.84 Å². The molecule has 3 nitrogen and oxygen atoms in total. The minimum Gasteiger partial charge on any atom is -0.394 e. The number of aliphatic hydroxyl groups is 1. The Hall–Kier alpha value is 0.170. The first-order chi connectivity index (χ1) is 4.67. The van der Waals surface area contributed by atoms with E-state index in [9.17, 15) is 0 Å². The summed E-state index contributed by atoms with van der Waals surface area (Å²) >= 11 is 0. The molecule has 1 rings (SSSR count). The van der Waals surface area contributed by atoms with Gasteiger partial charge in [-0.2, -0.15) is 0 Å². The van der Waals surface area contributed by atoms with Crippen LogP contribution in [0.25, 0.3) is 0 Å². The Morgan fingerprint density at radius 2 is 2.27 bits per heavy atom. The number of aliphatic hydroxyl groups excluding tert-OH is 1. The third kappa shape index (κ3) is 2.60. The Morgan fingerprint density at radius 1 is 1.64 bits per heavy atom. The fourth-order valence-electron chi connectivity index (χ4n) is 1.18. The summed E-state index contributed by atoms with van der Waals surface area (Å²) in [6, 6.07) is 0. The standard InChI is InChI=1S/C7H15NO2.ClH/c1-7(2)6(5-9)10-4-3-8-7;/h6,8-9H,3-5H2,1-2H3;1H. The quantitative estimate of drug-likeness (QED) is 0.606. The highest BCUT2D eigenvalue weighted by atomic mass is 35.5. The normalized spacial score (nSPS) is 29.2. The lowest BCUT2D eigenvalue weighted by atomic mass is 9.96. The van der Waals surface area contributed by atoms with Gasteiger partial charge in [-0.05, 0) is 13.8 Å². The molecule has 2 N–H and O–H groups in total. The van der Waals surface area contributed by atoms with E-state index in [0.29, 0.717) is 6.61 Å². The summed E-state index contributed by atoms with van der Waals surface area (Å²) in [5.41, 5.74) is -0.0764. The highest BCUT2D eigenvalue weighted by molar-refractivity contribution is 5.85. The number of nitrogens with one attached hydrogen (secondary N) is 1. The van der Waals surface area contributed by atoms with E-state index in [4.69, 9.17) is 9.84 Å². The van der Waals surface area contributed by atoms with Crippen molar-refractivity contribution in [3.8, 4) is 0 Å². The average molecular weight is 182 g/mol. The van der Waals surface area contributed by atoms with Crippen LogP contribution >= 0.6 is 12.4 Å². The summed E-state index contributed by atoms with van der Waals surface area (Å²) < 4.78 is 5.33. The van der Waals surface area contributed by atoms with Gasteiger partial charge in [0, 0.05) is 12.1 Å². The smallest absolute Gasteiger partial charge is 0.0981 e. The van der Waals surface area contributed by atoms with Crippen molar-refractivity contribution in [1.82, 2.24) is 5.32 Å². The van der Waals surface area contributed by atoms with Crippen LogP contribution in [-0.4, -0.2) is 36.5 Å². The lowest BCUT2D eigenvalue weighted by Gasteiger charge is -2.38. The summed E-state index contributed by atoms with van der Waals surface area (Å²) in [5.74, 6) is 0. The SMILES string of the molecule is CC1(C)NCCOC1CO.Cl. The largest absolute Gasteiger partial charge is 0.394 e. The predicted molar refractivity (Wildman–Crippen MR) is 46.2 cm³/mol. The van der Waals surface area contributed by atoms with E-state index >= 15 is 0 Å². The highest BCUT2D eigenvalue weighted by Gasteiger charge is 2.31. The Kier molecular flexibility index (Phi) is 4.32. The molecule has 0 amide bonds. The molecule has 1 unspecified atom stereocenters. The first-order valence-electron chi connectivity index (χ1n) is 3.64. The van der Waals surface area contributed by atoms with Crippen molar-refractivity contribution >= 4 is 12.4 Å². The fourth-order valence-corrected chi connectivity index (χ4v) is 1.18. The Morgan fingerprint density at radius 3 is 2.64 bits per heavy atom. The van der Waals surface area contributed by atoms with Crippen LogP contribution in [0.5, 0.6) is 0 Å². The maximum atomic E-state index is 8.86. The number of halogens is 1. The van der Waals surface area contributed by atoms with Crippen LogP contribution in [0.2, 0.25) is 0 Å². The van der Waals surface area contributed by atoms with Gasteiger partial charge in [0.2, 0.25) is 0 Å². The minimum atomic E-state index is -0.0764. The Labute approximate surface area is 73.5 Å². The maximum absolute atomic E-state index is 8.86. The molecule has 0 aromatic heterocycles. The fraction of sp³-hybridized carbons (Fsp3) is 1.00. The summed E-state index contributed by atoms with van der Waals surface area (Å²) in [7, 11) is 0. The molecule has 0 aromatic rings. The highest BCUT2D eigenvalue weighted by Crippen LogP contribution is 2.15. The molecule has 1 fully saturated rings. The third-order valence-corrected chi connectivity index (χ3v) is 1.97. The van der Waals surface area contributed by atoms with Crippen molar-refractivity contribution in [2.24, 2.45) is 0 Å². The molecular weight excluding hydrogens is 166 g/mol. The van der Waals surface area contributed by atoms with E-state index in [1.165, 1.54) is 0 Å². The first kappa shape index (κ1) is 11.2. The van der Waals surface area contributed by atoms with Crippen LogP contribution in [0, 0.1) is 0 Å². The summed E-state index contributed by atoms with van der Waals surface area (Å²) in [6.07, 6.45) is -0.0544. The Bertz CT molecular complexity index is 119. The van der Waals surface area contributed by atoms with Crippen LogP contribution in [0.1, 0.15) is 13.8 Å². The molecule has 1 saturated heterocycles. The zero-order valence-corrected chi connectivity index (χ0v) is 7.78. The van der Waals surface area contributed by atoms with Gasteiger partial charge in [0.1, 0.15) is 0 Å². The summed E-state index contributed by atoms with van der Waals surface area (Å²) in [5, 5.41) is 12.1. The molecule has 1 heterocycles. The van der Waals surface area contributed by atoms with Crippen molar-refractivity contribution in [3.05, 3.63) is 0 Å². The van der Waals surface area contributed by atoms with Crippen LogP contribution in [0.4, 0.5) is 0 Å². The molecule has 0 spiro atoms. The first-order valence-corrected chi connectivity index (χ1v) is 3.64. The molecule has 0 aliphatic carbocycles. The van der Waals surface area contributed by atoms with Gasteiger partial charge in [0.05, 0.1) is 19.3 Å². The lowest BCUT2D eigenvalue weighted by molar-refractivity contribution is -0.0636. The van der Waals surface area contributed by atoms with Gasteiger partial charge in [0.15, 0.2) is 0 Å². The van der Waals surface area contributed by atoms with Crippen LogP contribution in [-0.2, 0) is 4.74 Å². The molecule has 4 heteroatoms. The molecular formula is C7H16ClNO2. The van der Waals surface area contributed by atoms with Crippen molar-refractivity contribution in [2.45, 2.75) is 25.5 Å². The van der Waals surface area contributed by atoms with Crippen molar-refractivity contribution in [3.63, 3.8) is 0 Å². The minimum absolute atomic E-state index is 0. The van der Waals surface area contributed by atoms with E-state index in [1.54, 1.807) is 0 Å². The average Bonchev–Trinajstić information content (AvgIpc) is 1.87. The van der Waals surface area contributed by atoms with Gasteiger partial charge in [0.25, 0.3) is 0 Å². The molecule has 11 heavy (non-hydrogen) atoms. The second-order valence-electron chi connectivity index (χ2n) is 3.19. The molecule has 1 aliphatic rings. The molecule has 1 atom stereocenters. The lowest BCUT2D eigenvalue weighted by Crippen LogP contribution is -2.57. The number of hydrogen-bond acceptors (Lipinski definition) is 3. The molecule has 0 aromatic carbocycles. The number of rotatable bonds is 1. The Balaban J connectivity index is 0.000001000. The van der Waals surface area contributed by atoms with Crippen LogP contribution < -0.4 is 5.32 Å². The zero-order chi connectivity index (χ0) is 7.61. The van der Waals surface area contributed by atoms with Crippen molar-refractivity contribution in [1.29, 1.82) is 0 Å². The second kappa shape index (κ2) is 4.26. The number of ether oxygens (including phenoxy) is 1. The number of hydrogen-bond donors (Lipinski definition) is 2. The van der Waals surface area contributed by atoms with Gasteiger partial charge in [-0.1, -0.05) is 0 Å². The van der Waals surface area contributed by atoms with E-state index in [1.807, 2.05) is 13.8 Å². The van der Waals surface area contributed by atoms with Gasteiger partial charge >= 0.3 is 0 Å². The topological polar surface area (TPSA) is 41.5 Å². The van der Waals surface area contributed by atoms with Gasteiger partial charge < -0.3 is 15.2 Å². The second-order valence-corrected chi connectivity index (χ2v) is 3.19. The molecule has 0 radical (unpaired) electrons. The maximum Gasteiger partial charge on any atom is 0.0981 e. The molecule has 0 saturated carbocycles. The monoisotopic (exact) mass is 181 g/mol. The van der Waals surface area contributed by atoms with E-state index in [2.05, 4.69) is 5.32 Å². The van der Waals surface area contributed by atoms with Gasteiger partial charge in [-0.15, -0.1) is 12.4 Å². The van der Waals surface area contributed by atoms with Crippen LogP contribution in [0.15, 0.2) is 0 Å². The number of morpholine rings is 1. The van der Waals surface area contributed by atoms with E-state index in [-0.39, 0.29) is 30.7 Å². The molecule has 0 bridgehead atoms. The van der Waals surface area contributed by atoms with Gasteiger partial charge in [-0.3, -0.25) is 0 Å². The van der Waals surface area contributed by atoms with E-state index in [0.717, 1.165) is 6.54 Å². The molecule has 68 valence electrons. The third-order valence-electron chi connectivity index (χ3n) is 1.97. The van der Waals surface area contributed by atoms with E-state index < -0.39 is 0 Å². The van der Waals surface area contributed by atoms with Crippen molar-refractivity contribution in [2.75, 3.05) is 19.8 Å². The van der Waals surface area contributed by atoms with Crippen LogP contribution in [0.3, 0.4) is 0 Å².